The summed E-state index contributed by atoms with van der Waals surface area (Å²) in [4.78, 5) is 0. The maximum absolute atomic E-state index is 12.0. The van der Waals surface area contributed by atoms with Gasteiger partial charge in [0, 0.05) is 6.42 Å². The first-order valence-corrected chi connectivity index (χ1v) is 4.15. The Morgan fingerprint density at radius 1 is 1.25 bits per heavy atom. The van der Waals surface area contributed by atoms with Gasteiger partial charge in [-0.2, -0.15) is 0 Å². The van der Waals surface area contributed by atoms with Crippen molar-refractivity contribution in [3.05, 3.63) is 35.9 Å². The number of alkyl halides is 1. The maximum atomic E-state index is 12.0. The third-order valence-corrected chi connectivity index (χ3v) is 1.75. The van der Waals surface area contributed by atoms with Crippen molar-refractivity contribution in [2.75, 3.05) is 0 Å². The molecular formula is C10H13FO. The van der Waals surface area contributed by atoms with Gasteiger partial charge < -0.3 is 5.11 Å². The molecule has 1 N–H and O–H groups in total. The van der Waals surface area contributed by atoms with Gasteiger partial charge >= 0.3 is 0 Å². The van der Waals surface area contributed by atoms with Gasteiger partial charge in [0.2, 0.25) is 0 Å². The van der Waals surface area contributed by atoms with Crippen LogP contribution >= 0.6 is 0 Å². The number of halogens is 1. The molecule has 0 aliphatic carbocycles. The second-order valence-electron chi connectivity index (χ2n) is 2.81. The molecule has 0 bridgehead atoms. The Morgan fingerprint density at radius 3 is 2.50 bits per heavy atom. The molecule has 0 saturated heterocycles. The van der Waals surface area contributed by atoms with Crippen LogP contribution in [0.25, 0.3) is 0 Å². The van der Waals surface area contributed by atoms with Crippen LogP contribution in [0, 0.1) is 0 Å². The monoisotopic (exact) mass is 168 g/mol. The Morgan fingerprint density at radius 2 is 1.92 bits per heavy atom. The van der Waals surface area contributed by atoms with Gasteiger partial charge in [0.25, 0.3) is 0 Å². The van der Waals surface area contributed by atoms with Crippen LogP contribution in [0.3, 0.4) is 0 Å². The van der Waals surface area contributed by atoms with Crippen molar-refractivity contribution >= 4 is 0 Å². The molecule has 1 rings (SSSR count). The minimum Gasteiger partial charge on any atom is -0.364 e. The fraction of sp³-hybridized carbons (Fsp3) is 0.400. The second-order valence-corrected chi connectivity index (χ2v) is 2.81. The molecule has 0 radical (unpaired) electrons. The van der Waals surface area contributed by atoms with E-state index in [-0.39, 0.29) is 6.42 Å². The van der Waals surface area contributed by atoms with Crippen LogP contribution in [0.1, 0.15) is 18.4 Å². The summed E-state index contributed by atoms with van der Waals surface area (Å²) >= 11 is 0. The molecule has 0 aromatic heterocycles. The van der Waals surface area contributed by atoms with E-state index in [1.54, 1.807) is 0 Å². The summed E-state index contributed by atoms with van der Waals surface area (Å²) < 4.78 is 12.0. The number of benzene rings is 1. The third-order valence-electron chi connectivity index (χ3n) is 1.75. The van der Waals surface area contributed by atoms with Crippen molar-refractivity contribution in [3.63, 3.8) is 0 Å². The van der Waals surface area contributed by atoms with Gasteiger partial charge in [0.05, 0.1) is 0 Å². The Balaban J connectivity index is 2.25. The quantitative estimate of drug-likeness (QED) is 0.731. The van der Waals surface area contributed by atoms with Gasteiger partial charge in [-0.1, -0.05) is 30.3 Å². The Hall–Kier alpha value is -0.890. The molecule has 0 aliphatic heterocycles. The first-order chi connectivity index (χ1) is 5.79. The van der Waals surface area contributed by atoms with E-state index in [1.807, 2.05) is 30.3 Å². The minimum atomic E-state index is -1.66. The van der Waals surface area contributed by atoms with E-state index in [9.17, 15) is 4.39 Å². The molecule has 1 aromatic carbocycles. The summed E-state index contributed by atoms with van der Waals surface area (Å²) in [6, 6.07) is 9.88. The van der Waals surface area contributed by atoms with Crippen molar-refractivity contribution in [1.82, 2.24) is 0 Å². The molecule has 1 unspecified atom stereocenters. The molecule has 0 fully saturated rings. The average molecular weight is 168 g/mol. The first kappa shape index (κ1) is 9.20. The Labute approximate surface area is 71.9 Å². The molecule has 0 saturated carbocycles. The lowest BCUT2D eigenvalue weighted by Gasteiger charge is -2.01. The third kappa shape index (κ3) is 3.49. The van der Waals surface area contributed by atoms with E-state index in [0.717, 1.165) is 6.42 Å². The highest BCUT2D eigenvalue weighted by Crippen LogP contribution is 2.06. The van der Waals surface area contributed by atoms with Gasteiger partial charge in [-0.3, -0.25) is 0 Å². The number of aliphatic hydroxyl groups is 1. The SMILES string of the molecule is OC(F)CCCc1ccccc1. The van der Waals surface area contributed by atoms with Gasteiger partial charge in [0.1, 0.15) is 0 Å². The van der Waals surface area contributed by atoms with Crippen molar-refractivity contribution < 1.29 is 9.50 Å². The molecule has 0 aliphatic rings. The molecule has 0 heterocycles. The molecule has 0 spiro atoms. The lowest BCUT2D eigenvalue weighted by atomic mass is 10.1. The van der Waals surface area contributed by atoms with Crippen LogP contribution < -0.4 is 0 Å². The second kappa shape index (κ2) is 4.88. The van der Waals surface area contributed by atoms with Crippen LogP contribution in [0.15, 0.2) is 30.3 Å². The summed E-state index contributed by atoms with van der Waals surface area (Å²) in [6.07, 6.45) is 0.104. The fourth-order valence-corrected chi connectivity index (χ4v) is 1.12. The van der Waals surface area contributed by atoms with Crippen LogP contribution in [-0.4, -0.2) is 11.5 Å². The van der Waals surface area contributed by atoms with Crippen molar-refractivity contribution in [1.29, 1.82) is 0 Å². The van der Waals surface area contributed by atoms with E-state index in [1.165, 1.54) is 5.56 Å². The highest BCUT2D eigenvalue weighted by Gasteiger charge is 1.99. The van der Waals surface area contributed by atoms with Crippen LogP contribution in [0.2, 0.25) is 0 Å². The van der Waals surface area contributed by atoms with E-state index in [2.05, 4.69) is 0 Å². The summed E-state index contributed by atoms with van der Waals surface area (Å²) in [5.41, 5.74) is 1.19. The Kier molecular flexibility index (Phi) is 3.74. The normalized spacial score (nSPS) is 12.8. The topological polar surface area (TPSA) is 20.2 Å². The number of aryl methyl sites for hydroxylation is 1. The highest BCUT2D eigenvalue weighted by atomic mass is 19.1. The minimum absolute atomic E-state index is 0.231. The van der Waals surface area contributed by atoms with Crippen LogP contribution in [0.4, 0.5) is 4.39 Å². The zero-order valence-corrected chi connectivity index (χ0v) is 6.91. The fourth-order valence-electron chi connectivity index (χ4n) is 1.12. The highest BCUT2D eigenvalue weighted by molar-refractivity contribution is 5.14. The maximum Gasteiger partial charge on any atom is 0.196 e. The van der Waals surface area contributed by atoms with Crippen LogP contribution in [-0.2, 0) is 6.42 Å². The number of rotatable bonds is 4. The van der Waals surface area contributed by atoms with E-state index < -0.39 is 6.36 Å². The van der Waals surface area contributed by atoms with Crippen molar-refractivity contribution in [2.24, 2.45) is 0 Å². The summed E-state index contributed by atoms with van der Waals surface area (Å²) in [7, 11) is 0. The number of hydrogen-bond acceptors (Lipinski definition) is 1. The molecule has 1 atom stereocenters. The Bertz CT molecular complexity index is 208. The first-order valence-electron chi connectivity index (χ1n) is 4.15. The summed E-state index contributed by atoms with van der Waals surface area (Å²) in [5, 5.41) is 8.36. The predicted octanol–water partition coefficient (Wildman–Crippen LogP) is 2.30. The lowest BCUT2D eigenvalue weighted by molar-refractivity contribution is 0.0330. The molecule has 12 heavy (non-hydrogen) atoms. The number of hydrogen-bond donors (Lipinski definition) is 1. The van der Waals surface area contributed by atoms with Gasteiger partial charge in [-0.25, -0.2) is 4.39 Å². The summed E-state index contributed by atoms with van der Waals surface area (Å²) in [6.45, 7) is 0. The van der Waals surface area contributed by atoms with E-state index in [0.29, 0.717) is 6.42 Å². The van der Waals surface area contributed by atoms with Crippen molar-refractivity contribution in [2.45, 2.75) is 25.6 Å². The molecular weight excluding hydrogens is 155 g/mol. The molecule has 0 amide bonds. The van der Waals surface area contributed by atoms with Crippen molar-refractivity contribution in [3.8, 4) is 0 Å². The smallest absolute Gasteiger partial charge is 0.196 e. The van der Waals surface area contributed by atoms with Gasteiger partial charge in [0.15, 0.2) is 6.36 Å². The molecule has 1 aromatic rings. The number of aliphatic hydroxyl groups excluding tert-OH is 1. The average Bonchev–Trinajstić information content (AvgIpc) is 2.05. The molecule has 1 nitrogen and oxygen atoms in total. The molecule has 2 heteroatoms. The van der Waals surface area contributed by atoms with E-state index >= 15 is 0 Å². The predicted molar refractivity (Wildman–Crippen MR) is 46.5 cm³/mol. The van der Waals surface area contributed by atoms with Gasteiger partial charge in [-0.15, -0.1) is 0 Å². The zero-order valence-electron chi connectivity index (χ0n) is 6.91. The van der Waals surface area contributed by atoms with E-state index in [4.69, 9.17) is 5.11 Å². The largest absolute Gasteiger partial charge is 0.364 e. The summed E-state index contributed by atoms with van der Waals surface area (Å²) in [5.74, 6) is 0. The lowest BCUT2D eigenvalue weighted by Crippen LogP contribution is -1.97. The standard InChI is InChI=1S/C10H13FO/c11-10(12)8-4-7-9-5-2-1-3-6-9/h1-3,5-6,10,12H,4,7-8H2. The van der Waals surface area contributed by atoms with Gasteiger partial charge in [-0.05, 0) is 18.4 Å². The van der Waals surface area contributed by atoms with Crippen LogP contribution in [0.5, 0.6) is 0 Å². The molecule has 66 valence electrons. The zero-order chi connectivity index (χ0) is 8.81.